The third kappa shape index (κ3) is 5.35. The maximum Gasteiger partial charge on any atom is 0.262 e. The molecule has 2 amide bonds. The minimum atomic E-state index is -0.265. The van der Waals surface area contributed by atoms with E-state index in [-0.39, 0.29) is 18.4 Å². The van der Waals surface area contributed by atoms with Gasteiger partial charge in [-0.05, 0) is 60.7 Å². The molecule has 3 rings (SSSR count). The fraction of sp³-hybridized carbons (Fsp3) is 0.0909. The number of hydrogen-bond donors (Lipinski definition) is 2. The van der Waals surface area contributed by atoms with Gasteiger partial charge in [-0.3, -0.25) is 9.59 Å². The Balaban J connectivity index is 1.51. The van der Waals surface area contributed by atoms with Crippen LogP contribution < -0.4 is 20.1 Å². The molecule has 6 heteroatoms. The summed E-state index contributed by atoms with van der Waals surface area (Å²) < 4.78 is 10.5. The summed E-state index contributed by atoms with van der Waals surface area (Å²) in [4.78, 5) is 24.2. The molecule has 2 N–H and O–H groups in total. The molecule has 142 valence electrons. The maximum atomic E-state index is 12.3. The summed E-state index contributed by atoms with van der Waals surface area (Å²) in [5, 5.41) is 5.55. The van der Waals surface area contributed by atoms with Crippen molar-refractivity contribution in [3.05, 3.63) is 84.4 Å². The molecule has 0 saturated heterocycles. The average Bonchev–Trinajstić information content (AvgIpc) is 2.74. The summed E-state index contributed by atoms with van der Waals surface area (Å²) in [5.74, 6) is 0.830. The number of rotatable bonds is 7. The minimum Gasteiger partial charge on any atom is -0.497 e. The zero-order chi connectivity index (χ0) is 19.8. The van der Waals surface area contributed by atoms with E-state index < -0.39 is 0 Å². The number of hydrogen-bond acceptors (Lipinski definition) is 4. The third-order valence-electron chi connectivity index (χ3n) is 3.89. The van der Waals surface area contributed by atoms with E-state index in [9.17, 15) is 9.59 Å². The fourth-order valence-corrected chi connectivity index (χ4v) is 2.45. The van der Waals surface area contributed by atoms with Crippen molar-refractivity contribution in [3.63, 3.8) is 0 Å². The highest BCUT2D eigenvalue weighted by Crippen LogP contribution is 2.16. The lowest BCUT2D eigenvalue weighted by Gasteiger charge is -2.09. The Morgan fingerprint density at radius 3 is 1.96 bits per heavy atom. The first-order valence-corrected chi connectivity index (χ1v) is 8.67. The summed E-state index contributed by atoms with van der Waals surface area (Å²) in [6.45, 7) is -0.0834. The van der Waals surface area contributed by atoms with E-state index in [4.69, 9.17) is 9.47 Å². The Labute approximate surface area is 163 Å². The van der Waals surface area contributed by atoms with E-state index in [0.717, 1.165) is 0 Å². The van der Waals surface area contributed by atoms with Crippen LogP contribution in [0, 0.1) is 0 Å². The molecule has 0 heterocycles. The highest BCUT2D eigenvalue weighted by molar-refractivity contribution is 6.04. The summed E-state index contributed by atoms with van der Waals surface area (Å²) in [6.07, 6.45) is 0. The molecule has 0 aromatic heterocycles. The number of carbonyl (C=O) groups is 2. The SMILES string of the molecule is COc1ccc(C(=O)Nc2ccc(NC(=O)COc3ccccc3)cc2)cc1. The smallest absolute Gasteiger partial charge is 0.262 e. The van der Waals surface area contributed by atoms with E-state index in [2.05, 4.69) is 10.6 Å². The van der Waals surface area contributed by atoms with Gasteiger partial charge in [-0.25, -0.2) is 0 Å². The standard InChI is InChI=1S/C22H20N2O4/c1-27-19-13-7-16(8-14-19)22(26)24-18-11-9-17(10-12-18)23-21(25)15-28-20-5-3-2-4-6-20/h2-14H,15H2,1H3,(H,23,25)(H,24,26). The van der Waals surface area contributed by atoms with E-state index in [1.165, 1.54) is 0 Å². The molecule has 6 nitrogen and oxygen atoms in total. The third-order valence-corrected chi connectivity index (χ3v) is 3.89. The Hall–Kier alpha value is -3.80. The van der Waals surface area contributed by atoms with Crippen LogP contribution in [0.2, 0.25) is 0 Å². The van der Waals surface area contributed by atoms with Crippen molar-refractivity contribution < 1.29 is 19.1 Å². The summed E-state index contributed by atoms with van der Waals surface area (Å²) >= 11 is 0. The quantitative estimate of drug-likeness (QED) is 0.654. The molecule has 0 unspecified atom stereocenters. The molecular weight excluding hydrogens is 356 g/mol. The lowest BCUT2D eigenvalue weighted by atomic mass is 10.2. The zero-order valence-corrected chi connectivity index (χ0v) is 15.3. The summed E-state index contributed by atoms with van der Waals surface area (Å²) in [7, 11) is 1.57. The fourth-order valence-electron chi connectivity index (χ4n) is 2.45. The van der Waals surface area contributed by atoms with Gasteiger partial charge in [0.25, 0.3) is 11.8 Å². The van der Waals surface area contributed by atoms with Crippen molar-refractivity contribution in [3.8, 4) is 11.5 Å². The van der Waals surface area contributed by atoms with E-state index in [0.29, 0.717) is 28.4 Å². The number of anilines is 2. The van der Waals surface area contributed by atoms with Gasteiger partial charge in [0.1, 0.15) is 11.5 Å². The Kier molecular flexibility index (Phi) is 6.25. The van der Waals surface area contributed by atoms with Gasteiger partial charge in [0, 0.05) is 16.9 Å². The van der Waals surface area contributed by atoms with Crippen LogP contribution in [-0.4, -0.2) is 25.5 Å². The van der Waals surface area contributed by atoms with Crippen LogP contribution in [0.15, 0.2) is 78.9 Å². The van der Waals surface area contributed by atoms with Crippen LogP contribution in [0.4, 0.5) is 11.4 Å². The van der Waals surface area contributed by atoms with Gasteiger partial charge < -0.3 is 20.1 Å². The molecule has 0 spiro atoms. The van der Waals surface area contributed by atoms with Gasteiger partial charge in [0.15, 0.2) is 6.61 Å². The molecule has 0 fully saturated rings. The van der Waals surface area contributed by atoms with Crippen molar-refractivity contribution in [2.75, 3.05) is 24.4 Å². The molecule has 0 aliphatic heterocycles. The first kappa shape index (κ1) is 19.0. The van der Waals surface area contributed by atoms with Crippen molar-refractivity contribution in [2.24, 2.45) is 0 Å². The first-order chi connectivity index (χ1) is 13.6. The number of amides is 2. The number of methoxy groups -OCH3 is 1. The van der Waals surface area contributed by atoms with Crippen LogP contribution >= 0.6 is 0 Å². The van der Waals surface area contributed by atoms with Crippen LogP contribution in [0.3, 0.4) is 0 Å². The molecule has 0 bridgehead atoms. The number of benzene rings is 3. The molecule has 0 aliphatic carbocycles. The maximum absolute atomic E-state index is 12.3. The normalized spacial score (nSPS) is 10.0. The molecule has 0 atom stereocenters. The monoisotopic (exact) mass is 376 g/mol. The van der Waals surface area contributed by atoms with E-state index in [1.54, 1.807) is 67.8 Å². The van der Waals surface area contributed by atoms with Crippen molar-refractivity contribution in [1.29, 1.82) is 0 Å². The highest BCUT2D eigenvalue weighted by Gasteiger charge is 2.07. The van der Waals surface area contributed by atoms with Crippen molar-refractivity contribution in [1.82, 2.24) is 0 Å². The van der Waals surface area contributed by atoms with Gasteiger partial charge in [-0.2, -0.15) is 0 Å². The van der Waals surface area contributed by atoms with Crippen LogP contribution in [0.5, 0.6) is 11.5 Å². The van der Waals surface area contributed by atoms with Gasteiger partial charge in [-0.15, -0.1) is 0 Å². The number of carbonyl (C=O) groups excluding carboxylic acids is 2. The molecule has 0 aliphatic rings. The number of nitrogens with one attached hydrogen (secondary N) is 2. The predicted octanol–water partition coefficient (Wildman–Crippen LogP) is 3.97. The lowest BCUT2D eigenvalue weighted by Crippen LogP contribution is -2.20. The molecular formula is C22H20N2O4. The van der Waals surface area contributed by atoms with Crippen LogP contribution in [0.25, 0.3) is 0 Å². The van der Waals surface area contributed by atoms with Crippen LogP contribution in [0.1, 0.15) is 10.4 Å². The average molecular weight is 376 g/mol. The topological polar surface area (TPSA) is 76.7 Å². The van der Waals surface area contributed by atoms with Gasteiger partial charge in [-0.1, -0.05) is 18.2 Å². The lowest BCUT2D eigenvalue weighted by molar-refractivity contribution is -0.118. The minimum absolute atomic E-state index is 0.0834. The van der Waals surface area contributed by atoms with E-state index >= 15 is 0 Å². The second-order valence-corrected chi connectivity index (χ2v) is 5.91. The molecule has 3 aromatic carbocycles. The first-order valence-electron chi connectivity index (χ1n) is 8.67. The molecule has 0 saturated carbocycles. The van der Waals surface area contributed by atoms with Gasteiger partial charge in [0.05, 0.1) is 7.11 Å². The zero-order valence-electron chi connectivity index (χ0n) is 15.3. The van der Waals surface area contributed by atoms with Crippen molar-refractivity contribution in [2.45, 2.75) is 0 Å². The van der Waals surface area contributed by atoms with E-state index in [1.807, 2.05) is 18.2 Å². The van der Waals surface area contributed by atoms with Gasteiger partial charge in [0.2, 0.25) is 0 Å². The summed E-state index contributed by atoms with van der Waals surface area (Å²) in [6, 6.07) is 22.8. The second-order valence-electron chi connectivity index (χ2n) is 5.91. The largest absolute Gasteiger partial charge is 0.497 e. The Morgan fingerprint density at radius 2 is 1.36 bits per heavy atom. The summed E-state index contributed by atoms with van der Waals surface area (Å²) in [5.41, 5.74) is 1.76. The number of ether oxygens (including phenoxy) is 2. The number of para-hydroxylation sites is 1. The Morgan fingerprint density at radius 1 is 0.750 bits per heavy atom. The molecule has 28 heavy (non-hydrogen) atoms. The van der Waals surface area contributed by atoms with Crippen molar-refractivity contribution >= 4 is 23.2 Å². The van der Waals surface area contributed by atoms with Gasteiger partial charge >= 0.3 is 0 Å². The molecule has 3 aromatic rings. The highest BCUT2D eigenvalue weighted by atomic mass is 16.5. The second kappa shape index (κ2) is 9.23. The van der Waals surface area contributed by atoms with Crippen LogP contribution in [-0.2, 0) is 4.79 Å². The molecule has 0 radical (unpaired) electrons. The predicted molar refractivity (Wildman–Crippen MR) is 108 cm³/mol. The Bertz CT molecular complexity index is 923.